The number of halogens is 1. The third kappa shape index (κ3) is 2.03. The van der Waals surface area contributed by atoms with E-state index < -0.39 is 0 Å². The van der Waals surface area contributed by atoms with E-state index in [2.05, 4.69) is 15.8 Å². The molecule has 3 nitrogen and oxygen atoms in total. The van der Waals surface area contributed by atoms with E-state index in [1.807, 2.05) is 60.8 Å². The largest absolute Gasteiger partial charge is 0.352 e. The third-order valence-corrected chi connectivity index (χ3v) is 3.81. The SMILES string of the molecule is Clc1ccccc1Nc1cccc2c1nc1ccccn12. The topological polar surface area (TPSA) is 29.3 Å². The molecule has 2 aromatic heterocycles. The van der Waals surface area contributed by atoms with Gasteiger partial charge in [-0.1, -0.05) is 35.9 Å². The van der Waals surface area contributed by atoms with Crippen molar-refractivity contribution in [1.82, 2.24) is 9.38 Å². The van der Waals surface area contributed by atoms with Crippen LogP contribution in [0.1, 0.15) is 0 Å². The van der Waals surface area contributed by atoms with Gasteiger partial charge < -0.3 is 5.32 Å². The van der Waals surface area contributed by atoms with Crippen LogP contribution in [0.25, 0.3) is 16.7 Å². The highest BCUT2D eigenvalue weighted by molar-refractivity contribution is 6.33. The fourth-order valence-corrected chi connectivity index (χ4v) is 2.68. The molecule has 0 atom stereocenters. The van der Waals surface area contributed by atoms with Crippen LogP contribution < -0.4 is 5.32 Å². The Morgan fingerprint density at radius 2 is 1.67 bits per heavy atom. The number of anilines is 2. The summed E-state index contributed by atoms with van der Waals surface area (Å²) < 4.78 is 2.08. The van der Waals surface area contributed by atoms with Gasteiger partial charge in [-0.25, -0.2) is 4.98 Å². The van der Waals surface area contributed by atoms with E-state index in [1.165, 1.54) is 0 Å². The molecule has 1 N–H and O–H groups in total. The van der Waals surface area contributed by atoms with Crippen molar-refractivity contribution in [3.05, 3.63) is 71.9 Å². The molecule has 0 aliphatic heterocycles. The number of benzene rings is 2. The number of imidazole rings is 1. The Labute approximate surface area is 126 Å². The van der Waals surface area contributed by atoms with Crippen LogP contribution in [0.3, 0.4) is 0 Å². The summed E-state index contributed by atoms with van der Waals surface area (Å²) >= 11 is 6.22. The maximum Gasteiger partial charge on any atom is 0.137 e. The van der Waals surface area contributed by atoms with Crippen molar-refractivity contribution < 1.29 is 0 Å². The molecule has 2 heterocycles. The summed E-state index contributed by atoms with van der Waals surface area (Å²) in [6.45, 7) is 0. The number of pyridine rings is 1. The van der Waals surface area contributed by atoms with Crippen LogP contribution >= 0.6 is 11.6 Å². The van der Waals surface area contributed by atoms with Gasteiger partial charge in [0.15, 0.2) is 0 Å². The van der Waals surface area contributed by atoms with Crippen LogP contribution in [-0.4, -0.2) is 9.38 Å². The van der Waals surface area contributed by atoms with Crippen molar-refractivity contribution in [2.45, 2.75) is 0 Å². The van der Waals surface area contributed by atoms with E-state index >= 15 is 0 Å². The molecule has 21 heavy (non-hydrogen) atoms. The fourth-order valence-electron chi connectivity index (χ4n) is 2.50. The van der Waals surface area contributed by atoms with Gasteiger partial charge in [-0.05, 0) is 36.4 Å². The predicted molar refractivity (Wildman–Crippen MR) is 87.4 cm³/mol. The lowest BCUT2D eigenvalue weighted by molar-refractivity contribution is 1.23. The quantitative estimate of drug-likeness (QED) is 0.570. The molecule has 2 aromatic carbocycles. The Morgan fingerprint density at radius 1 is 0.857 bits per heavy atom. The lowest BCUT2D eigenvalue weighted by atomic mass is 10.2. The molecule has 0 spiro atoms. The second-order valence-electron chi connectivity index (χ2n) is 4.82. The van der Waals surface area contributed by atoms with E-state index in [0.29, 0.717) is 5.02 Å². The number of nitrogens with zero attached hydrogens (tertiary/aromatic N) is 2. The standard InChI is InChI=1S/C17H12ClN3/c18-12-6-1-2-7-13(12)19-14-8-5-9-15-17(14)20-16-10-3-4-11-21(15)16/h1-11,19H. The highest BCUT2D eigenvalue weighted by Crippen LogP contribution is 2.29. The van der Waals surface area contributed by atoms with Crippen LogP contribution in [0.4, 0.5) is 11.4 Å². The average molecular weight is 294 g/mol. The van der Waals surface area contributed by atoms with Crippen molar-refractivity contribution in [3.63, 3.8) is 0 Å². The van der Waals surface area contributed by atoms with Crippen molar-refractivity contribution in [3.8, 4) is 0 Å². The minimum atomic E-state index is 0.693. The van der Waals surface area contributed by atoms with Crippen LogP contribution in [-0.2, 0) is 0 Å². The van der Waals surface area contributed by atoms with E-state index in [1.54, 1.807) is 0 Å². The Kier molecular flexibility index (Phi) is 2.79. The normalized spacial score (nSPS) is 11.1. The Balaban J connectivity index is 1.91. The lowest BCUT2D eigenvalue weighted by Gasteiger charge is -2.08. The molecule has 4 heteroatoms. The van der Waals surface area contributed by atoms with Crippen molar-refractivity contribution in [1.29, 1.82) is 0 Å². The summed E-state index contributed by atoms with van der Waals surface area (Å²) in [5, 5.41) is 4.06. The predicted octanol–water partition coefficient (Wildman–Crippen LogP) is 4.88. The van der Waals surface area contributed by atoms with Gasteiger partial charge in [-0.15, -0.1) is 0 Å². The van der Waals surface area contributed by atoms with Crippen LogP contribution in [0.2, 0.25) is 5.02 Å². The number of rotatable bonds is 2. The molecule has 0 fully saturated rings. The van der Waals surface area contributed by atoms with E-state index in [-0.39, 0.29) is 0 Å². The van der Waals surface area contributed by atoms with Crippen LogP contribution in [0, 0.1) is 0 Å². The molecule has 0 aliphatic rings. The zero-order valence-electron chi connectivity index (χ0n) is 11.1. The molecule has 4 aromatic rings. The molecule has 4 rings (SSSR count). The fraction of sp³-hybridized carbons (Fsp3) is 0. The summed E-state index contributed by atoms with van der Waals surface area (Å²) in [6, 6.07) is 19.8. The first-order valence-corrected chi connectivity index (χ1v) is 7.08. The first kappa shape index (κ1) is 12.2. The maximum atomic E-state index is 6.22. The highest BCUT2D eigenvalue weighted by atomic mass is 35.5. The molecule has 0 radical (unpaired) electrons. The number of hydrogen-bond acceptors (Lipinski definition) is 2. The number of nitrogens with one attached hydrogen (secondary N) is 1. The molecule has 0 unspecified atom stereocenters. The number of para-hydroxylation sites is 2. The second-order valence-corrected chi connectivity index (χ2v) is 5.23. The van der Waals surface area contributed by atoms with Gasteiger partial charge >= 0.3 is 0 Å². The summed E-state index contributed by atoms with van der Waals surface area (Å²) in [5.74, 6) is 0. The van der Waals surface area contributed by atoms with Gasteiger partial charge in [-0.2, -0.15) is 0 Å². The monoisotopic (exact) mass is 293 g/mol. The smallest absolute Gasteiger partial charge is 0.137 e. The summed E-state index contributed by atoms with van der Waals surface area (Å²) in [4.78, 5) is 4.70. The molecule has 0 amide bonds. The molecule has 0 aliphatic carbocycles. The van der Waals surface area contributed by atoms with E-state index in [0.717, 1.165) is 28.1 Å². The van der Waals surface area contributed by atoms with Gasteiger partial charge in [0, 0.05) is 6.20 Å². The molecule has 102 valence electrons. The number of fused-ring (bicyclic) bond motifs is 3. The zero-order chi connectivity index (χ0) is 14.2. The third-order valence-electron chi connectivity index (χ3n) is 3.48. The summed E-state index contributed by atoms with van der Waals surface area (Å²) in [7, 11) is 0. The van der Waals surface area contributed by atoms with Crippen LogP contribution in [0.15, 0.2) is 66.9 Å². The molecular formula is C17H12ClN3. The first-order valence-electron chi connectivity index (χ1n) is 6.70. The highest BCUT2D eigenvalue weighted by Gasteiger charge is 2.09. The lowest BCUT2D eigenvalue weighted by Crippen LogP contribution is -1.92. The Morgan fingerprint density at radius 3 is 2.57 bits per heavy atom. The van der Waals surface area contributed by atoms with Gasteiger partial charge in [-0.3, -0.25) is 4.40 Å². The molecule has 0 saturated heterocycles. The van der Waals surface area contributed by atoms with Crippen LogP contribution in [0.5, 0.6) is 0 Å². The number of aromatic nitrogens is 2. The van der Waals surface area contributed by atoms with Crippen molar-refractivity contribution in [2.75, 3.05) is 5.32 Å². The van der Waals surface area contributed by atoms with Gasteiger partial charge in [0.25, 0.3) is 0 Å². The van der Waals surface area contributed by atoms with Gasteiger partial charge in [0.2, 0.25) is 0 Å². The maximum absolute atomic E-state index is 6.22. The summed E-state index contributed by atoms with van der Waals surface area (Å²) in [5.41, 5.74) is 4.76. The van der Waals surface area contributed by atoms with E-state index in [9.17, 15) is 0 Å². The van der Waals surface area contributed by atoms with Gasteiger partial charge in [0.1, 0.15) is 11.2 Å². The first-order chi connectivity index (χ1) is 10.3. The zero-order valence-corrected chi connectivity index (χ0v) is 11.9. The molecule has 0 saturated carbocycles. The minimum absolute atomic E-state index is 0.693. The molecular weight excluding hydrogens is 282 g/mol. The van der Waals surface area contributed by atoms with Gasteiger partial charge in [0.05, 0.1) is 21.9 Å². The average Bonchev–Trinajstić information content (AvgIpc) is 2.89. The van der Waals surface area contributed by atoms with Crippen molar-refractivity contribution >= 4 is 39.7 Å². The Bertz CT molecular complexity index is 943. The summed E-state index contributed by atoms with van der Waals surface area (Å²) in [6.07, 6.45) is 2.02. The minimum Gasteiger partial charge on any atom is -0.352 e. The molecule has 0 bridgehead atoms. The van der Waals surface area contributed by atoms with Crippen molar-refractivity contribution in [2.24, 2.45) is 0 Å². The second kappa shape index (κ2) is 4.79. The van der Waals surface area contributed by atoms with E-state index in [4.69, 9.17) is 16.6 Å². The Hall–Kier alpha value is -2.52. The number of hydrogen-bond donors (Lipinski definition) is 1.